The molecule has 1 amide bonds. The van der Waals surface area contributed by atoms with Crippen LogP contribution in [0, 0.1) is 13.8 Å². The van der Waals surface area contributed by atoms with Crippen molar-refractivity contribution in [1.82, 2.24) is 9.88 Å². The highest BCUT2D eigenvalue weighted by Gasteiger charge is 2.25. The summed E-state index contributed by atoms with van der Waals surface area (Å²) in [6.07, 6.45) is 3.01. The lowest BCUT2D eigenvalue weighted by Crippen LogP contribution is -2.49. The first kappa shape index (κ1) is 23.2. The molecule has 1 aromatic carbocycles. The summed E-state index contributed by atoms with van der Waals surface area (Å²) in [7, 11) is 0. The Morgan fingerprint density at radius 1 is 1.16 bits per heavy atom. The second kappa shape index (κ2) is 10.2. The number of benzene rings is 1. The van der Waals surface area contributed by atoms with Crippen LogP contribution in [0.4, 0.5) is 5.82 Å². The largest absolute Gasteiger partial charge is 0.353 e. The Labute approximate surface area is 189 Å². The molecule has 3 rings (SSSR count). The molecular weight excluding hydrogens is 412 g/mol. The molecule has 0 aliphatic carbocycles. The second-order valence-corrected chi connectivity index (χ2v) is 8.66. The molecule has 7 heteroatoms. The maximum Gasteiger partial charge on any atom is 0.255 e. The minimum absolute atomic E-state index is 0.0769. The van der Waals surface area contributed by atoms with Crippen molar-refractivity contribution in [3.05, 3.63) is 57.7 Å². The van der Waals surface area contributed by atoms with Gasteiger partial charge >= 0.3 is 0 Å². The summed E-state index contributed by atoms with van der Waals surface area (Å²) in [6.45, 7) is 9.14. The van der Waals surface area contributed by atoms with Crippen LogP contribution in [0.25, 0.3) is 0 Å². The second-order valence-electron chi connectivity index (χ2n) is 8.25. The van der Waals surface area contributed by atoms with Gasteiger partial charge in [0.05, 0.1) is 10.6 Å². The van der Waals surface area contributed by atoms with Crippen molar-refractivity contribution in [2.45, 2.75) is 39.5 Å². The fourth-order valence-corrected chi connectivity index (χ4v) is 4.25. The van der Waals surface area contributed by atoms with Gasteiger partial charge < -0.3 is 15.5 Å². The number of nitrogens with two attached hydrogens (primary N) is 1. The van der Waals surface area contributed by atoms with E-state index in [1.807, 2.05) is 31.0 Å². The highest BCUT2D eigenvalue weighted by molar-refractivity contribution is 6.34. The first-order valence-electron chi connectivity index (χ1n) is 10.8. The number of nitrogens with zero attached hydrogens (tertiary/aromatic N) is 3. The number of anilines is 1. The standard InChI is InChI=1S/C24H31ClN4O2/c1-16-13-17(2)23(27-15-16)28-9-11-29(12-10-28)24(31)20-7-6-19(14-21(20)25)18(3)22(30)5-4-8-26/h6-7,13-15,18H,4-5,8-12,26H2,1-3H3. The number of halogens is 1. The third-order valence-corrected chi connectivity index (χ3v) is 6.20. The zero-order valence-corrected chi connectivity index (χ0v) is 19.3. The molecule has 2 N–H and O–H groups in total. The van der Waals surface area contributed by atoms with Gasteiger partial charge in [-0.1, -0.05) is 30.7 Å². The molecule has 1 unspecified atom stereocenters. The molecular formula is C24H31ClN4O2. The Morgan fingerprint density at radius 2 is 1.87 bits per heavy atom. The monoisotopic (exact) mass is 442 g/mol. The topological polar surface area (TPSA) is 79.5 Å². The Hall–Kier alpha value is -2.44. The van der Waals surface area contributed by atoms with E-state index in [-0.39, 0.29) is 17.6 Å². The summed E-state index contributed by atoms with van der Waals surface area (Å²) in [5.41, 5.74) is 9.09. The molecule has 1 aliphatic heterocycles. The van der Waals surface area contributed by atoms with Gasteiger partial charge in [0.15, 0.2) is 0 Å². The van der Waals surface area contributed by atoms with E-state index >= 15 is 0 Å². The van der Waals surface area contributed by atoms with Gasteiger partial charge in [0, 0.05) is 44.7 Å². The van der Waals surface area contributed by atoms with Crippen molar-refractivity contribution in [1.29, 1.82) is 0 Å². The third-order valence-electron chi connectivity index (χ3n) is 5.89. The van der Waals surface area contributed by atoms with Crippen molar-refractivity contribution in [2.75, 3.05) is 37.6 Å². The zero-order valence-electron chi connectivity index (χ0n) is 18.5. The van der Waals surface area contributed by atoms with Gasteiger partial charge in [0.1, 0.15) is 11.6 Å². The Morgan fingerprint density at radius 3 is 2.48 bits per heavy atom. The summed E-state index contributed by atoms with van der Waals surface area (Å²) >= 11 is 6.46. The summed E-state index contributed by atoms with van der Waals surface area (Å²) in [5, 5.41) is 0.388. The minimum atomic E-state index is -0.262. The predicted octanol–water partition coefficient (Wildman–Crippen LogP) is 3.73. The molecule has 6 nitrogen and oxygen atoms in total. The summed E-state index contributed by atoms with van der Waals surface area (Å²) < 4.78 is 0. The van der Waals surface area contributed by atoms with Crippen molar-refractivity contribution in [3.63, 3.8) is 0 Å². The van der Waals surface area contributed by atoms with Crippen LogP contribution in [-0.4, -0.2) is 54.3 Å². The number of piperazine rings is 1. The van der Waals surface area contributed by atoms with E-state index in [9.17, 15) is 9.59 Å². The predicted molar refractivity (Wildman–Crippen MR) is 125 cm³/mol. The van der Waals surface area contributed by atoms with Crippen LogP contribution in [0.5, 0.6) is 0 Å². The lowest BCUT2D eigenvalue weighted by Gasteiger charge is -2.36. The van der Waals surface area contributed by atoms with Gasteiger partial charge in [-0.25, -0.2) is 4.98 Å². The molecule has 0 radical (unpaired) electrons. The summed E-state index contributed by atoms with van der Waals surface area (Å²) in [6, 6.07) is 7.45. The van der Waals surface area contributed by atoms with Gasteiger partial charge in [-0.2, -0.15) is 0 Å². The molecule has 166 valence electrons. The molecule has 1 aromatic heterocycles. The van der Waals surface area contributed by atoms with Gasteiger partial charge in [0.25, 0.3) is 5.91 Å². The third kappa shape index (κ3) is 5.43. The number of amides is 1. The normalized spacial score (nSPS) is 15.1. The molecule has 2 aromatic rings. The number of ketones is 1. The van der Waals surface area contributed by atoms with Crippen LogP contribution >= 0.6 is 11.6 Å². The SMILES string of the molecule is Cc1cnc(N2CCN(C(=O)c3ccc(C(C)C(=O)CCCN)cc3Cl)CC2)c(C)c1. The van der Waals surface area contributed by atoms with E-state index in [1.54, 1.807) is 12.1 Å². The molecule has 1 aliphatic rings. The molecule has 2 heterocycles. The molecule has 0 spiro atoms. The van der Waals surface area contributed by atoms with Crippen LogP contribution in [0.15, 0.2) is 30.5 Å². The fourth-order valence-electron chi connectivity index (χ4n) is 3.98. The fraction of sp³-hybridized carbons (Fsp3) is 0.458. The number of carbonyl (C=O) groups is 2. The van der Waals surface area contributed by atoms with Crippen molar-refractivity contribution in [3.8, 4) is 0 Å². The lowest BCUT2D eigenvalue weighted by molar-refractivity contribution is -0.120. The first-order chi connectivity index (χ1) is 14.8. The molecule has 0 bridgehead atoms. The van der Waals surface area contributed by atoms with Crippen LogP contribution in [0.2, 0.25) is 5.02 Å². The number of hydrogen-bond acceptors (Lipinski definition) is 5. The molecule has 1 fully saturated rings. The quantitative estimate of drug-likeness (QED) is 0.706. The molecule has 1 atom stereocenters. The van der Waals surface area contributed by atoms with E-state index < -0.39 is 0 Å². The number of Topliss-reactive ketones (excluding diaryl/α,β-unsaturated/α-hetero) is 1. The van der Waals surface area contributed by atoms with E-state index in [0.717, 1.165) is 35.6 Å². The van der Waals surface area contributed by atoms with E-state index in [0.29, 0.717) is 43.1 Å². The van der Waals surface area contributed by atoms with Crippen molar-refractivity contribution in [2.24, 2.45) is 5.73 Å². The van der Waals surface area contributed by atoms with Crippen LogP contribution in [0.1, 0.15) is 52.7 Å². The minimum Gasteiger partial charge on any atom is -0.353 e. The molecule has 31 heavy (non-hydrogen) atoms. The Kier molecular flexibility index (Phi) is 7.68. The van der Waals surface area contributed by atoms with Crippen LogP contribution in [-0.2, 0) is 4.79 Å². The van der Waals surface area contributed by atoms with Gasteiger partial charge in [-0.05, 0) is 55.6 Å². The lowest BCUT2D eigenvalue weighted by atomic mass is 9.93. The number of aromatic nitrogens is 1. The van der Waals surface area contributed by atoms with E-state index in [1.165, 1.54) is 0 Å². The van der Waals surface area contributed by atoms with Gasteiger partial charge in [0.2, 0.25) is 0 Å². The maximum atomic E-state index is 13.1. The van der Waals surface area contributed by atoms with Crippen LogP contribution in [0.3, 0.4) is 0 Å². The number of carbonyl (C=O) groups excluding carboxylic acids is 2. The van der Waals surface area contributed by atoms with Crippen LogP contribution < -0.4 is 10.6 Å². The first-order valence-corrected chi connectivity index (χ1v) is 11.2. The highest BCUT2D eigenvalue weighted by Crippen LogP contribution is 2.27. The van der Waals surface area contributed by atoms with Gasteiger partial charge in [-0.15, -0.1) is 0 Å². The molecule has 1 saturated heterocycles. The summed E-state index contributed by atoms with van der Waals surface area (Å²) in [4.78, 5) is 34.0. The van der Waals surface area contributed by atoms with Gasteiger partial charge in [-0.3, -0.25) is 9.59 Å². The van der Waals surface area contributed by atoms with Crippen molar-refractivity contribution >= 4 is 29.1 Å². The summed E-state index contributed by atoms with van der Waals surface area (Å²) in [5.74, 6) is 0.777. The maximum absolute atomic E-state index is 13.1. The average Bonchev–Trinajstić information content (AvgIpc) is 2.76. The number of rotatable bonds is 7. The number of hydrogen-bond donors (Lipinski definition) is 1. The average molecular weight is 443 g/mol. The number of pyridine rings is 1. The van der Waals surface area contributed by atoms with E-state index in [4.69, 9.17) is 17.3 Å². The smallest absolute Gasteiger partial charge is 0.255 e. The van der Waals surface area contributed by atoms with Crippen molar-refractivity contribution < 1.29 is 9.59 Å². The molecule has 0 saturated carbocycles. The highest BCUT2D eigenvalue weighted by atomic mass is 35.5. The zero-order chi connectivity index (χ0) is 22.5. The van der Waals surface area contributed by atoms with E-state index in [2.05, 4.69) is 22.9 Å². The number of aryl methyl sites for hydroxylation is 2. The Balaban J connectivity index is 1.65. The Bertz CT molecular complexity index is 955.